The molecule has 0 aliphatic carbocycles. The van der Waals surface area contributed by atoms with Gasteiger partial charge in [-0.3, -0.25) is 0 Å². The molecule has 0 amide bonds. The number of azo groups is 1. The smallest absolute Gasteiger partial charge is 0.744 e. The fourth-order valence-electron chi connectivity index (χ4n) is 2.53. The van der Waals surface area contributed by atoms with Gasteiger partial charge in [-0.1, -0.05) is 18.2 Å². The molecule has 0 saturated heterocycles. The molecule has 0 heterocycles. The maximum absolute atomic E-state index is 11.6. The fraction of sp³-hybridized carbons (Fsp3) is 0. The van der Waals surface area contributed by atoms with E-state index in [4.69, 9.17) is 5.73 Å². The number of nitrogens with two attached hydrogens (primary N) is 1. The summed E-state index contributed by atoms with van der Waals surface area (Å²) in [7, 11) is -10.1. The number of fused-ring (bicyclic) bond motifs is 1. The Morgan fingerprint density at radius 3 is 1.94 bits per heavy atom. The van der Waals surface area contributed by atoms with Gasteiger partial charge >= 0.3 is 88.7 Å². The van der Waals surface area contributed by atoms with Crippen LogP contribution >= 0.6 is 0 Å². The minimum absolute atomic E-state index is 0. The molecule has 3 aromatic carbocycles. The second kappa shape index (κ2) is 11.9. The van der Waals surface area contributed by atoms with Crippen molar-refractivity contribution < 1.29 is 120 Å². The first-order valence-corrected chi connectivity index (χ1v) is 10.3. The first-order valence-electron chi connectivity index (χ1n) is 7.46. The summed E-state index contributed by atoms with van der Waals surface area (Å²) in [6, 6.07) is 10.5. The van der Waals surface area contributed by atoms with Gasteiger partial charge in [-0.2, -0.15) is 5.11 Å². The Kier molecular flexibility index (Phi) is 11.9. The molecule has 0 atom stereocenters. The van der Waals surface area contributed by atoms with Gasteiger partial charge in [-0.25, -0.2) is 16.8 Å². The van der Waals surface area contributed by atoms with Crippen molar-refractivity contribution in [1.29, 1.82) is 0 Å². The number of rotatable bonds is 4. The number of aromatic hydroxyl groups is 1. The first-order chi connectivity index (χ1) is 13.0. The standard InChI is InChI=1S/C16H13N3O7S2.3Na/c17-12-8-11(27(21,22)23)6-9-7-13(28(24,25)26)15(16(20)14(9)12)19-18-10-4-2-1-3-5-10;;;/h1-8,20H,17H2,(H,21,22,23)(H,24,25,26);;;/q;3*+1/p-2. The van der Waals surface area contributed by atoms with Gasteiger partial charge in [0.2, 0.25) is 0 Å². The molecular formula is C16H11N3Na3O7S2+. The molecule has 3 rings (SSSR count). The molecule has 0 aliphatic rings. The number of hydrogen-bond donors (Lipinski definition) is 2. The van der Waals surface area contributed by atoms with Crippen molar-refractivity contribution in [1.82, 2.24) is 0 Å². The number of anilines is 1. The molecule has 3 N–H and O–H groups in total. The van der Waals surface area contributed by atoms with Gasteiger partial charge in [0.25, 0.3) is 0 Å². The summed E-state index contributed by atoms with van der Waals surface area (Å²) in [5, 5.41) is 17.5. The van der Waals surface area contributed by atoms with Crippen molar-refractivity contribution in [3.63, 3.8) is 0 Å². The van der Waals surface area contributed by atoms with Gasteiger partial charge in [-0.15, -0.1) is 5.11 Å². The number of phenolic OH excluding ortho intramolecular Hbond substituents is 1. The van der Waals surface area contributed by atoms with Gasteiger partial charge in [0.1, 0.15) is 25.9 Å². The summed E-state index contributed by atoms with van der Waals surface area (Å²) >= 11 is 0. The number of benzene rings is 3. The van der Waals surface area contributed by atoms with E-state index in [0.717, 1.165) is 18.2 Å². The minimum Gasteiger partial charge on any atom is -0.744 e. The minimum atomic E-state index is -5.15. The predicted octanol–water partition coefficient (Wildman–Crippen LogP) is -6.64. The van der Waals surface area contributed by atoms with E-state index in [2.05, 4.69) is 10.2 Å². The third-order valence-electron chi connectivity index (χ3n) is 3.73. The zero-order valence-electron chi connectivity index (χ0n) is 16.8. The Morgan fingerprint density at radius 1 is 0.839 bits per heavy atom. The quantitative estimate of drug-likeness (QED) is 0.156. The van der Waals surface area contributed by atoms with Crippen LogP contribution in [0.3, 0.4) is 0 Å². The number of nitrogens with zero attached hydrogens (tertiary/aromatic N) is 2. The first kappa shape index (κ1) is 30.9. The third-order valence-corrected chi connectivity index (χ3v) is 5.40. The van der Waals surface area contributed by atoms with E-state index in [0.29, 0.717) is 5.69 Å². The van der Waals surface area contributed by atoms with Crippen LogP contribution in [-0.2, 0) is 20.2 Å². The maximum atomic E-state index is 11.6. The van der Waals surface area contributed by atoms with Crippen molar-refractivity contribution in [2.24, 2.45) is 10.2 Å². The van der Waals surface area contributed by atoms with Gasteiger partial charge < -0.3 is 19.9 Å². The molecule has 146 valence electrons. The van der Waals surface area contributed by atoms with E-state index in [9.17, 15) is 31.0 Å². The summed E-state index contributed by atoms with van der Waals surface area (Å²) in [5.41, 5.74) is 5.06. The van der Waals surface area contributed by atoms with Gasteiger partial charge in [0.05, 0.1) is 15.5 Å². The van der Waals surface area contributed by atoms with Crippen molar-refractivity contribution in [3.8, 4) is 5.75 Å². The monoisotopic (exact) mass is 490 g/mol. The van der Waals surface area contributed by atoms with E-state index in [-0.39, 0.29) is 105 Å². The number of hydrogen-bond acceptors (Lipinski definition) is 10. The van der Waals surface area contributed by atoms with Crippen LogP contribution in [0.25, 0.3) is 10.8 Å². The summed E-state index contributed by atoms with van der Waals surface area (Å²) in [4.78, 5) is -1.69. The van der Waals surface area contributed by atoms with E-state index in [1.165, 1.54) is 0 Å². The second-order valence-electron chi connectivity index (χ2n) is 5.63. The molecule has 10 nitrogen and oxygen atoms in total. The zero-order valence-corrected chi connectivity index (χ0v) is 24.4. The molecule has 0 radical (unpaired) electrons. The summed E-state index contributed by atoms with van der Waals surface area (Å²) in [6.45, 7) is 0. The van der Waals surface area contributed by atoms with E-state index in [1.54, 1.807) is 30.3 Å². The third kappa shape index (κ3) is 7.21. The van der Waals surface area contributed by atoms with Crippen LogP contribution in [0.5, 0.6) is 5.75 Å². The number of nitrogen functional groups attached to an aromatic ring is 1. The molecule has 0 aliphatic heterocycles. The van der Waals surface area contributed by atoms with Crippen molar-refractivity contribution in [2.75, 3.05) is 5.73 Å². The Hall–Kier alpha value is -0.0600. The Morgan fingerprint density at radius 2 is 1.42 bits per heavy atom. The van der Waals surface area contributed by atoms with E-state index < -0.39 is 41.5 Å². The Balaban J connectivity index is 0.00000300. The maximum Gasteiger partial charge on any atom is 1.00 e. The molecule has 0 fully saturated rings. The summed E-state index contributed by atoms with van der Waals surface area (Å²) in [6.07, 6.45) is 0. The van der Waals surface area contributed by atoms with Crippen LogP contribution in [0.4, 0.5) is 17.1 Å². The zero-order chi connectivity index (χ0) is 20.7. The molecule has 15 heteroatoms. The largest absolute Gasteiger partial charge is 1.00 e. The molecule has 31 heavy (non-hydrogen) atoms. The molecule has 0 bridgehead atoms. The van der Waals surface area contributed by atoms with E-state index >= 15 is 0 Å². The predicted molar refractivity (Wildman–Crippen MR) is 96.6 cm³/mol. The normalized spacial score (nSPS) is 11.4. The Labute approximate surface area is 244 Å². The van der Waals surface area contributed by atoms with Crippen LogP contribution in [0.1, 0.15) is 0 Å². The van der Waals surface area contributed by atoms with E-state index in [1.807, 2.05) is 0 Å². The number of phenols is 1. The van der Waals surface area contributed by atoms with Gasteiger partial charge in [0, 0.05) is 11.1 Å². The Bertz CT molecular complexity index is 1330. The molecule has 0 aromatic heterocycles. The van der Waals surface area contributed by atoms with Crippen LogP contribution in [-0.4, -0.2) is 31.0 Å². The van der Waals surface area contributed by atoms with Gasteiger partial charge in [-0.05, 0) is 35.7 Å². The topological polar surface area (TPSA) is 185 Å². The van der Waals surface area contributed by atoms with Crippen molar-refractivity contribution in [2.45, 2.75) is 9.79 Å². The average Bonchev–Trinajstić information content (AvgIpc) is 2.59. The van der Waals surface area contributed by atoms with Crippen LogP contribution in [0.2, 0.25) is 0 Å². The molecule has 0 unspecified atom stereocenters. The van der Waals surface area contributed by atoms with Crippen LogP contribution < -0.4 is 94.4 Å². The van der Waals surface area contributed by atoms with Gasteiger partial charge in [0.15, 0.2) is 5.75 Å². The fourth-order valence-corrected chi connectivity index (χ4v) is 3.71. The summed E-state index contributed by atoms with van der Waals surface area (Å²) in [5.74, 6) is -0.793. The molecule has 0 saturated carbocycles. The van der Waals surface area contributed by atoms with Crippen LogP contribution in [0, 0.1) is 0 Å². The molecule has 3 aromatic rings. The molecule has 0 spiro atoms. The molecular weight excluding hydrogens is 479 g/mol. The van der Waals surface area contributed by atoms with Crippen molar-refractivity contribution in [3.05, 3.63) is 48.5 Å². The SMILES string of the molecule is Nc1cc(S(=O)(=O)[O-])cc2cc(S(=O)(=O)[O-])c(N=Nc3ccccc3)c(O)c12.[Na+].[Na+].[Na+]. The average molecular weight is 490 g/mol. The van der Waals surface area contributed by atoms with Crippen molar-refractivity contribution >= 4 is 48.1 Å². The van der Waals surface area contributed by atoms with Crippen LogP contribution in [0.15, 0.2) is 68.6 Å². The summed E-state index contributed by atoms with van der Waals surface area (Å²) < 4.78 is 68.6. The second-order valence-corrected chi connectivity index (χ2v) is 8.35.